The van der Waals surface area contributed by atoms with Gasteiger partial charge in [0.2, 0.25) is 5.91 Å². The third kappa shape index (κ3) is 4.02. The second-order valence-corrected chi connectivity index (χ2v) is 5.43. The first-order chi connectivity index (χ1) is 12.5. The Morgan fingerprint density at radius 1 is 1.12 bits per heavy atom. The van der Waals surface area contributed by atoms with Crippen molar-refractivity contribution in [1.29, 1.82) is 0 Å². The Kier molecular flexibility index (Phi) is 4.89. The fraction of sp³-hybridized carbons (Fsp3) is 0. The van der Waals surface area contributed by atoms with Crippen LogP contribution >= 0.6 is 0 Å². The van der Waals surface area contributed by atoms with Crippen molar-refractivity contribution < 1.29 is 14.1 Å². The van der Waals surface area contributed by atoms with Crippen molar-refractivity contribution >= 4 is 23.4 Å². The molecule has 1 N–H and O–H groups in total. The molecule has 0 atom stereocenters. The molecule has 26 heavy (non-hydrogen) atoms. The third-order valence-electron chi connectivity index (χ3n) is 3.62. The Balaban J connectivity index is 1.75. The molecular formula is C19H14FN3O3. The molecule has 1 heterocycles. The molecule has 0 saturated carbocycles. The summed E-state index contributed by atoms with van der Waals surface area (Å²) >= 11 is 0. The molecule has 0 aliphatic rings. The summed E-state index contributed by atoms with van der Waals surface area (Å²) in [7, 11) is 0. The van der Waals surface area contributed by atoms with Crippen LogP contribution < -0.4 is 5.32 Å². The second-order valence-electron chi connectivity index (χ2n) is 5.43. The van der Waals surface area contributed by atoms with E-state index in [4.69, 9.17) is 0 Å². The minimum absolute atomic E-state index is 0.0462. The number of nitro benzene ring substituents is 1. The first-order valence-electron chi connectivity index (χ1n) is 7.69. The molecule has 1 amide bonds. The SMILES string of the molecule is O=C(/C=C/c1cccc([N+](=O)[O-])c1)Nc1cc(-n2cccc2)ccc1F. The number of anilines is 1. The number of nitrogens with zero attached hydrogens (tertiary/aromatic N) is 2. The van der Waals surface area contributed by atoms with Gasteiger partial charge in [-0.05, 0) is 42.0 Å². The average molecular weight is 351 g/mol. The molecule has 0 aliphatic heterocycles. The minimum Gasteiger partial charge on any atom is -0.324 e. The highest BCUT2D eigenvalue weighted by Gasteiger charge is 2.08. The van der Waals surface area contributed by atoms with Crippen LogP contribution in [0.25, 0.3) is 11.8 Å². The summed E-state index contributed by atoms with van der Waals surface area (Å²) in [6.07, 6.45) is 6.24. The monoisotopic (exact) mass is 351 g/mol. The van der Waals surface area contributed by atoms with Crippen LogP contribution in [0.3, 0.4) is 0 Å². The van der Waals surface area contributed by atoms with Gasteiger partial charge in [0.25, 0.3) is 5.69 Å². The van der Waals surface area contributed by atoms with Crippen LogP contribution in [-0.4, -0.2) is 15.4 Å². The zero-order valence-corrected chi connectivity index (χ0v) is 13.5. The molecule has 3 aromatic rings. The van der Waals surface area contributed by atoms with E-state index in [1.165, 1.54) is 42.5 Å². The quantitative estimate of drug-likeness (QED) is 0.426. The maximum absolute atomic E-state index is 14.0. The number of nitrogens with one attached hydrogen (secondary N) is 1. The van der Waals surface area contributed by atoms with E-state index in [0.717, 1.165) is 0 Å². The number of hydrogen-bond donors (Lipinski definition) is 1. The summed E-state index contributed by atoms with van der Waals surface area (Å²) in [6, 6.07) is 13.9. The highest BCUT2D eigenvalue weighted by molar-refractivity contribution is 6.02. The molecule has 7 heteroatoms. The van der Waals surface area contributed by atoms with Crippen LogP contribution in [-0.2, 0) is 4.79 Å². The number of benzene rings is 2. The number of carbonyl (C=O) groups is 1. The number of hydrogen-bond acceptors (Lipinski definition) is 3. The van der Waals surface area contributed by atoms with Crippen LogP contribution in [0.2, 0.25) is 0 Å². The largest absolute Gasteiger partial charge is 0.324 e. The standard InChI is InChI=1S/C19H14FN3O3/c20-17-8-7-15(22-10-1-2-11-22)13-18(17)21-19(24)9-6-14-4-3-5-16(12-14)23(25)26/h1-13H,(H,21,24)/b9-6+. The van der Waals surface area contributed by atoms with Crippen molar-refractivity contribution in [2.75, 3.05) is 5.32 Å². The van der Waals surface area contributed by atoms with E-state index in [2.05, 4.69) is 5.32 Å². The number of aromatic nitrogens is 1. The molecule has 0 fully saturated rings. The summed E-state index contributed by atoms with van der Waals surface area (Å²) in [6.45, 7) is 0. The summed E-state index contributed by atoms with van der Waals surface area (Å²) in [5.41, 5.74) is 1.17. The van der Waals surface area contributed by atoms with E-state index in [1.807, 2.05) is 12.1 Å². The van der Waals surface area contributed by atoms with Crippen LogP contribution in [0.15, 0.2) is 73.1 Å². The van der Waals surface area contributed by atoms with Crippen molar-refractivity contribution in [3.63, 3.8) is 0 Å². The van der Waals surface area contributed by atoms with Gasteiger partial charge in [0.05, 0.1) is 10.6 Å². The maximum Gasteiger partial charge on any atom is 0.270 e. The molecule has 0 spiro atoms. The van der Waals surface area contributed by atoms with Gasteiger partial charge in [0.15, 0.2) is 0 Å². The lowest BCUT2D eigenvalue weighted by Gasteiger charge is -2.08. The number of non-ortho nitro benzene ring substituents is 1. The van der Waals surface area contributed by atoms with Crippen molar-refractivity contribution in [2.45, 2.75) is 0 Å². The van der Waals surface area contributed by atoms with Gasteiger partial charge in [0, 0.05) is 36.3 Å². The van der Waals surface area contributed by atoms with E-state index in [1.54, 1.807) is 29.1 Å². The first kappa shape index (κ1) is 17.1. The molecular weight excluding hydrogens is 337 g/mol. The number of rotatable bonds is 5. The van der Waals surface area contributed by atoms with Crippen molar-refractivity contribution in [3.05, 3.63) is 94.6 Å². The lowest BCUT2D eigenvalue weighted by molar-refractivity contribution is -0.384. The van der Waals surface area contributed by atoms with Gasteiger partial charge < -0.3 is 9.88 Å². The maximum atomic E-state index is 14.0. The number of halogens is 1. The average Bonchev–Trinajstić information content (AvgIpc) is 3.17. The molecule has 3 rings (SSSR count). The first-order valence-corrected chi connectivity index (χ1v) is 7.69. The third-order valence-corrected chi connectivity index (χ3v) is 3.62. The van der Waals surface area contributed by atoms with E-state index >= 15 is 0 Å². The van der Waals surface area contributed by atoms with Crippen LogP contribution in [0.5, 0.6) is 0 Å². The van der Waals surface area contributed by atoms with Gasteiger partial charge >= 0.3 is 0 Å². The van der Waals surface area contributed by atoms with E-state index in [-0.39, 0.29) is 11.4 Å². The second kappa shape index (κ2) is 7.43. The van der Waals surface area contributed by atoms with E-state index < -0.39 is 16.6 Å². The van der Waals surface area contributed by atoms with Gasteiger partial charge in [-0.2, -0.15) is 0 Å². The molecule has 6 nitrogen and oxygen atoms in total. The summed E-state index contributed by atoms with van der Waals surface area (Å²) in [4.78, 5) is 22.3. The smallest absolute Gasteiger partial charge is 0.270 e. The summed E-state index contributed by atoms with van der Waals surface area (Å²) in [5, 5.41) is 13.2. The Bertz CT molecular complexity index is 981. The van der Waals surface area contributed by atoms with Gasteiger partial charge in [0.1, 0.15) is 5.82 Å². The normalized spacial score (nSPS) is 10.8. The molecule has 0 unspecified atom stereocenters. The Morgan fingerprint density at radius 3 is 2.62 bits per heavy atom. The van der Waals surface area contributed by atoms with Crippen molar-refractivity contribution in [2.24, 2.45) is 0 Å². The van der Waals surface area contributed by atoms with E-state index in [9.17, 15) is 19.3 Å². The zero-order chi connectivity index (χ0) is 18.5. The number of nitro groups is 1. The highest BCUT2D eigenvalue weighted by atomic mass is 19.1. The predicted molar refractivity (Wildman–Crippen MR) is 96.5 cm³/mol. The summed E-state index contributed by atoms with van der Waals surface area (Å²) in [5.74, 6) is -1.10. The summed E-state index contributed by atoms with van der Waals surface area (Å²) < 4.78 is 15.7. The van der Waals surface area contributed by atoms with Crippen LogP contribution in [0.1, 0.15) is 5.56 Å². The molecule has 1 aromatic heterocycles. The highest BCUT2D eigenvalue weighted by Crippen LogP contribution is 2.19. The molecule has 2 aromatic carbocycles. The topological polar surface area (TPSA) is 77.2 Å². The lowest BCUT2D eigenvalue weighted by Crippen LogP contribution is -2.09. The van der Waals surface area contributed by atoms with Crippen molar-refractivity contribution in [3.8, 4) is 5.69 Å². The predicted octanol–water partition coefficient (Wildman–Crippen LogP) is 4.18. The molecule has 0 aliphatic carbocycles. The molecule has 130 valence electrons. The zero-order valence-electron chi connectivity index (χ0n) is 13.5. The van der Waals surface area contributed by atoms with Gasteiger partial charge in [-0.25, -0.2) is 4.39 Å². The molecule has 0 saturated heterocycles. The van der Waals surface area contributed by atoms with Crippen LogP contribution in [0.4, 0.5) is 15.8 Å². The molecule has 0 bridgehead atoms. The number of amides is 1. The van der Waals surface area contributed by atoms with E-state index in [0.29, 0.717) is 11.3 Å². The Hall–Kier alpha value is -3.74. The Labute approximate surface area is 148 Å². The van der Waals surface area contributed by atoms with Gasteiger partial charge in [-0.3, -0.25) is 14.9 Å². The van der Waals surface area contributed by atoms with Crippen LogP contribution in [0, 0.1) is 15.9 Å². The van der Waals surface area contributed by atoms with Gasteiger partial charge in [-0.1, -0.05) is 12.1 Å². The lowest BCUT2D eigenvalue weighted by atomic mass is 10.2. The fourth-order valence-electron chi connectivity index (χ4n) is 2.36. The molecule has 0 radical (unpaired) electrons. The fourth-order valence-corrected chi connectivity index (χ4v) is 2.36. The van der Waals surface area contributed by atoms with Crippen molar-refractivity contribution in [1.82, 2.24) is 4.57 Å². The van der Waals surface area contributed by atoms with Gasteiger partial charge in [-0.15, -0.1) is 0 Å². The Morgan fingerprint density at radius 2 is 1.88 bits per heavy atom. The minimum atomic E-state index is -0.557. The number of carbonyl (C=O) groups excluding carboxylic acids is 1.